The molecule has 4 heterocycles. The van der Waals surface area contributed by atoms with E-state index in [0.717, 1.165) is 11.5 Å². The Morgan fingerprint density at radius 1 is 1.18 bits per heavy atom. The van der Waals surface area contributed by atoms with Crippen molar-refractivity contribution in [2.45, 2.75) is 50.9 Å². The maximum absolute atomic E-state index is 13.9. The number of rotatable bonds is 5. The summed E-state index contributed by atoms with van der Waals surface area (Å²) in [5, 5.41) is 22.5. The first-order valence-corrected chi connectivity index (χ1v) is 10.3. The minimum absolute atomic E-state index is 0.0501. The molecular weight excluding hydrogens is 446 g/mol. The third kappa shape index (κ3) is 4.69. The number of aromatic nitrogens is 5. The molecule has 3 aromatic rings. The number of fused-ring (bicyclic) bond motifs is 1. The molecule has 33 heavy (non-hydrogen) atoms. The normalized spacial score (nSPS) is 21.3. The van der Waals surface area contributed by atoms with E-state index in [-0.39, 0.29) is 41.6 Å². The van der Waals surface area contributed by atoms with Gasteiger partial charge in [0.15, 0.2) is 0 Å². The highest BCUT2D eigenvalue weighted by Gasteiger charge is 2.40. The molecule has 1 aliphatic rings. The fourth-order valence-corrected chi connectivity index (χ4v) is 3.71. The van der Waals surface area contributed by atoms with Gasteiger partial charge in [-0.1, -0.05) is 0 Å². The highest BCUT2D eigenvalue weighted by Crippen LogP contribution is 2.36. The van der Waals surface area contributed by atoms with Crippen LogP contribution in [-0.2, 0) is 0 Å². The zero-order valence-electron chi connectivity index (χ0n) is 17.8. The van der Waals surface area contributed by atoms with Gasteiger partial charge in [-0.15, -0.1) is 0 Å². The number of pyridine rings is 1. The van der Waals surface area contributed by atoms with Crippen LogP contribution in [-0.4, -0.2) is 66.3 Å². The number of imidazole rings is 1. The van der Waals surface area contributed by atoms with Crippen LogP contribution in [0.25, 0.3) is 11.0 Å². The molecule has 0 bridgehead atoms. The van der Waals surface area contributed by atoms with Crippen molar-refractivity contribution < 1.29 is 27.8 Å². The highest BCUT2D eigenvalue weighted by atomic mass is 19.4. The lowest BCUT2D eigenvalue weighted by molar-refractivity contribution is -0.163. The van der Waals surface area contributed by atoms with Crippen molar-refractivity contribution in [2.24, 2.45) is 0 Å². The second-order valence-corrected chi connectivity index (χ2v) is 7.98. The van der Waals surface area contributed by atoms with Gasteiger partial charge in [0.25, 0.3) is 0 Å². The number of piperidine rings is 1. The number of alkyl halides is 4. The second kappa shape index (κ2) is 8.71. The summed E-state index contributed by atoms with van der Waals surface area (Å²) in [5.41, 5.74) is 0.351. The van der Waals surface area contributed by atoms with Crippen LogP contribution in [0.4, 0.5) is 35.1 Å². The van der Waals surface area contributed by atoms with Gasteiger partial charge in [-0.25, -0.2) is 19.3 Å². The molecule has 4 atom stereocenters. The van der Waals surface area contributed by atoms with Crippen LogP contribution >= 0.6 is 0 Å². The second-order valence-electron chi connectivity index (χ2n) is 7.98. The van der Waals surface area contributed by atoms with Crippen LogP contribution < -0.4 is 10.2 Å². The van der Waals surface area contributed by atoms with E-state index in [9.17, 15) is 27.8 Å². The minimum Gasteiger partial charge on any atom is -0.390 e. The largest absolute Gasteiger partial charge is 0.408 e. The van der Waals surface area contributed by atoms with E-state index in [2.05, 4.69) is 25.3 Å². The summed E-state index contributed by atoms with van der Waals surface area (Å²) in [6.07, 6.45) is -5.19. The smallest absolute Gasteiger partial charge is 0.390 e. The maximum atomic E-state index is 13.9. The first-order valence-electron chi connectivity index (χ1n) is 10.3. The third-order valence-electron chi connectivity index (χ3n) is 5.53. The summed E-state index contributed by atoms with van der Waals surface area (Å²) in [4.78, 5) is 18.4. The number of halogens is 4. The summed E-state index contributed by atoms with van der Waals surface area (Å²) in [5.74, 6) is 0.644. The monoisotopic (exact) mass is 469 g/mol. The van der Waals surface area contributed by atoms with E-state index in [4.69, 9.17) is 0 Å². The van der Waals surface area contributed by atoms with Crippen LogP contribution in [0.1, 0.15) is 38.2 Å². The Morgan fingerprint density at radius 2 is 1.94 bits per heavy atom. The SMILES string of the molecule is CC(O)c1nc2cnc(Nc3ccnc(N4CCC(O)C(F)C4)n3)cc2n1C(C)C(F)(F)F. The Hall–Kier alpha value is -3.06. The van der Waals surface area contributed by atoms with E-state index < -0.39 is 30.6 Å². The standard InChI is InChI=1S/C20H23F4N7O2/c1-10(32)18-27-13-8-26-17(7-14(13)31(18)11(2)20(22,23)24)28-16-3-5-25-19(29-16)30-6-4-15(33)12(21)9-30/h3,5,7-8,10-12,15,32-33H,4,6,9H2,1-2H3,(H,25,26,28,29). The maximum Gasteiger partial charge on any atom is 0.408 e. The van der Waals surface area contributed by atoms with Crippen molar-refractivity contribution >= 4 is 28.6 Å². The number of nitrogens with one attached hydrogen (secondary N) is 1. The van der Waals surface area contributed by atoms with Gasteiger partial charge in [-0.3, -0.25) is 0 Å². The van der Waals surface area contributed by atoms with Gasteiger partial charge in [-0.05, 0) is 26.3 Å². The molecule has 178 valence electrons. The molecule has 4 rings (SSSR count). The minimum atomic E-state index is -4.55. The van der Waals surface area contributed by atoms with Crippen molar-refractivity contribution in [1.29, 1.82) is 0 Å². The molecular formula is C20H23F4N7O2. The number of hydrogen-bond donors (Lipinski definition) is 3. The first-order chi connectivity index (χ1) is 15.5. The molecule has 0 spiro atoms. The quantitative estimate of drug-likeness (QED) is 0.489. The molecule has 0 aliphatic carbocycles. The molecule has 0 aromatic carbocycles. The topological polar surface area (TPSA) is 112 Å². The number of hydrogen-bond acceptors (Lipinski definition) is 8. The lowest BCUT2D eigenvalue weighted by atomic mass is 10.1. The fourth-order valence-electron chi connectivity index (χ4n) is 3.71. The Bertz CT molecular complexity index is 1140. The van der Waals surface area contributed by atoms with Crippen molar-refractivity contribution in [3.8, 4) is 0 Å². The van der Waals surface area contributed by atoms with Crippen molar-refractivity contribution in [3.05, 3.63) is 30.4 Å². The van der Waals surface area contributed by atoms with Crippen LogP contribution in [0.5, 0.6) is 0 Å². The van der Waals surface area contributed by atoms with Crippen molar-refractivity contribution in [1.82, 2.24) is 24.5 Å². The summed E-state index contributed by atoms with van der Waals surface area (Å²) < 4.78 is 55.3. The lowest BCUT2D eigenvalue weighted by Gasteiger charge is -2.32. The predicted octanol–water partition coefficient (Wildman–Crippen LogP) is 3.05. The van der Waals surface area contributed by atoms with Gasteiger partial charge >= 0.3 is 6.18 Å². The van der Waals surface area contributed by atoms with Gasteiger partial charge in [0.1, 0.15) is 41.3 Å². The van der Waals surface area contributed by atoms with Crippen LogP contribution in [0.3, 0.4) is 0 Å². The predicted molar refractivity (Wildman–Crippen MR) is 112 cm³/mol. The molecule has 9 nitrogen and oxygen atoms in total. The molecule has 1 saturated heterocycles. The van der Waals surface area contributed by atoms with Gasteiger partial charge in [-0.2, -0.15) is 18.2 Å². The van der Waals surface area contributed by atoms with E-state index in [0.29, 0.717) is 12.4 Å². The third-order valence-corrected chi connectivity index (χ3v) is 5.53. The zero-order chi connectivity index (χ0) is 23.9. The molecule has 1 fully saturated rings. The average Bonchev–Trinajstić information content (AvgIpc) is 3.13. The fraction of sp³-hybridized carbons (Fsp3) is 0.500. The van der Waals surface area contributed by atoms with E-state index >= 15 is 0 Å². The number of aliphatic hydroxyl groups is 2. The van der Waals surface area contributed by atoms with Crippen LogP contribution in [0, 0.1) is 0 Å². The van der Waals surface area contributed by atoms with Gasteiger partial charge in [0, 0.05) is 18.8 Å². The van der Waals surface area contributed by atoms with E-state index in [1.165, 1.54) is 31.5 Å². The molecule has 0 amide bonds. The van der Waals surface area contributed by atoms with Gasteiger partial charge in [0.2, 0.25) is 5.95 Å². The summed E-state index contributed by atoms with van der Waals surface area (Å²) in [7, 11) is 0. The molecule has 3 N–H and O–H groups in total. The molecule has 4 unspecified atom stereocenters. The molecule has 1 aliphatic heterocycles. The van der Waals surface area contributed by atoms with Crippen molar-refractivity contribution in [3.63, 3.8) is 0 Å². The van der Waals surface area contributed by atoms with Gasteiger partial charge < -0.3 is 25.0 Å². The summed E-state index contributed by atoms with van der Waals surface area (Å²) in [6.45, 7) is 2.67. The van der Waals surface area contributed by atoms with Crippen LogP contribution in [0.2, 0.25) is 0 Å². The molecule has 0 saturated carbocycles. The molecule has 3 aromatic heterocycles. The van der Waals surface area contributed by atoms with E-state index in [1.54, 1.807) is 4.90 Å². The summed E-state index contributed by atoms with van der Waals surface area (Å²) in [6, 6.07) is 1.02. The average molecular weight is 469 g/mol. The number of anilines is 3. The molecule has 0 radical (unpaired) electrons. The van der Waals surface area contributed by atoms with E-state index in [1.807, 2.05) is 0 Å². The van der Waals surface area contributed by atoms with Crippen molar-refractivity contribution in [2.75, 3.05) is 23.3 Å². The zero-order valence-corrected chi connectivity index (χ0v) is 17.8. The Morgan fingerprint density at radius 3 is 2.61 bits per heavy atom. The number of nitrogens with zero attached hydrogens (tertiary/aromatic N) is 6. The Balaban J connectivity index is 1.65. The molecule has 13 heteroatoms. The highest BCUT2D eigenvalue weighted by molar-refractivity contribution is 5.79. The van der Waals surface area contributed by atoms with Crippen LogP contribution in [0.15, 0.2) is 24.5 Å². The lowest BCUT2D eigenvalue weighted by Crippen LogP contribution is -2.45. The summed E-state index contributed by atoms with van der Waals surface area (Å²) >= 11 is 0. The van der Waals surface area contributed by atoms with Gasteiger partial charge in [0.05, 0.1) is 24.4 Å². The first kappa shape index (κ1) is 23.1. The Labute approximate surface area is 186 Å². The Kier molecular flexibility index (Phi) is 6.10. The number of aliphatic hydroxyl groups excluding tert-OH is 2.